The number of methoxy groups -OCH3 is 1. The Kier molecular flexibility index (Phi) is 7.61. The summed E-state index contributed by atoms with van der Waals surface area (Å²) in [7, 11) is 1.60. The summed E-state index contributed by atoms with van der Waals surface area (Å²) in [4.78, 5) is 43.7. The molecule has 1 aromatic heterocycles. The summed E-state index contributed by atoms with van der Waals surface area (Å²) in [5.41, 5.74) is 2.26. The van der Waals surface area contributed by atoms with Crippen LogP contribution in [0.3, 0.4) is 0 Å². The van der Waals surface area contributed by atoms with Gasteiger partial charge >= 0.3 is 0 Å². The number of rotatable bonds is 12. The summed E-state index contributed by atoms with van der Waals surface area (Å²) in [5.74, 6) is -0.640. The van der Waals surface area contributed by atoms with Gasteiger partial charge < -0.3 is 19.8 Å². The number of ketones is 2. The number of carbonyl (C=O) groups is 3. The van der Waals surface area contributed by atoms with E-state index in [1.54, 1.807) is 14.0 Å². The minimum Gasteiger partial charge on any atom is -0.497 e. The average molecular weight is 525 g/mol. The van der Waals surface area contributed by atoms with Crippen LogP contribution in [0.15, 0.2) is 84.9 Å². The lowest BCUT2D eigenvalue weighted by Crippen LogP contribution is -2.49. The molecule has 1 aliphatic heterocycles. The van der Waals surface area contributed by atoms with Crippen molar-refractivity contribution in [3.63, 3.8) is 0 Å². The maximum Gasteiger partial charge on any atom is 0.224 e. The van der Waals surface area contributed by atoms with Crippen molar-refractivity contribution in [1.29, 1.82) is 0 Å². The fourth-order valence-corrected chi connectivity index (χ4v) is 4.83. The second-order valence-corrected chi connectivity index (χ2v) is 10.3. The second kappa shape index (κ2) is 11.3. The number of hydrogen-bond donors (Lipinski definition) is 2. The van der Waals surface area contributed by atoms with Gasteiger partial charge in [0.05, 0.1) is 25.5 Å². The summed E-state index contributed by atoms with van der Waals surface area (Å²) in [6.07, 6.45) is 0.669. The highest BCUT2D eigenvalue weighted by molar-refractivity contribution is 6.02. The Hall–Kier alpha value is -4.23. The molecule has 0 aliphatic carbocycles. The Balaban J connectivity index is 1.39. The SMILES string of the molecule is COc1ccc(CC(CC(=O)c2cc3ccccc3[nH]2)C(=O)NC(Cc2ccccc2)C(=O)C2(C)CO2)cc1. The van der Waals surface area contributed by atoms with Gasteiger partial charge in [0, 0.05) is 23.2 Å². The van der Waals surface area contributed by atoms with E-state index in [0.29, 0.717) is 30.9 Å². The quantitative estimate of drug-likeness (QED) is 0.207. The molecule has 1 aliphatic rings. The molecule has 3 atom stereocenters. The first-order valence-electron chi connectivity index (χ1n) is 13.1. The third-order valence-corrected chi connectivity index (χ3v) is 7.29. The predicted octanol–water partition coefficient (Wildman–Crippen LogP) is 4.69. The number of aromatic amines is 1. The topological polar surface area (TPSA) is 101 Å². The second-order valence-electron chi connectivity index (χ2n) is 10.3. The molecule has 200 valence electrons. The molecule has 3 aromatic carbocycles. The van der Waals surface area contributed by atoms with Crippen molar-refractivity contribution >= 4 is 28.4 Å². The van der Waals surface area contributed by atoms with E-state index in [1.165, 1.54) is 0 Å². The Morgan fingerprint density at radius 1 is 0.949 bits per heavy atom. The largest absolute Gasteiger partial charge is 0.497 e. The van der Waals surface area contributed by atoms with Gasteiger partial charge in [0.2, 0.25) is 5.91 Å². The minimum absolute atomic E-state index is 0.00923. The zero-order valence-corrected chi connectivity index (χ0v) is 22.1. The van der Waals surface area contributed by atoms with Crippen LogP contribution in [0, 0.1) is 5.92 Å². The molecule has 0 bridgehead atoms. The number of benzene rings is 3. The smallest absolute Gasteiger partial charge is 0.224 e. The third-order valence-electron chi connectivity index (χ3n) is 7.29. The number of nitrogens with one attached hydrogen (secondary N) is 2. The van der Waals surface area contributed by atoms with E-state index in [-0.39, 0.29) is 23.9 Å². The monoisotopic (exact) mass is 524 g/mol. The molecule has 1 amide bonds. The Morgan fingerprint density at radius 3 is 2.28 bits per heavy atom. The van der Waals surface area contributed by atoms with Gasteiger partial charge in [-0.1, -0.05) is 60.7 Å². The Bertz CT molecular complexity index is 1440. The van der Waals surface area contributed by atoms with Crippen LogP contribution in [-0.4, -0.2) is 47.8 Å². The van der Waals surface area contributed by atoms with E-state index in [2.05, 4.69) is 10.3 Å². The Labute approximate surface area is 227 Å². The van der Waals surface area contributed by atoms with Crippen LogP contribution in [0.25, 0.3) is 10.9 Å². The van der Waals surface area contributed by atoms with Gasteiger partial charge in [0.25, 0.3) is 0 Å². The number of amides is 1. The average Bonchev–Trinajstić information content (AvgIpc) is 3.56. The van der Waals surface area contributed by atoms with Gasteiger partial charge in [0.1, 0.15) is 11.4 Å². The van der Waals surface area contributed by atoms with Crippen LogP contribution in [0.4, 0.5) is 0 Å². The maximum atomic E-state index is 13.8. The number of fused-ring (bicyclic) bond motifs is 1. The molecule has 2 heterocycles. The molecule has 7 nitrogen and oxygen atoms in total. The van der Waals surface area contributed by atoms with E-state index < -0.39 is 17.6 Å². The van der Waals surface area contributed by atoms with Crippen molar-refractivity contribution in [2.45, 2.75) is 37.8 Å². The number of H-pyrrole nitrogens is 1. The highest BCUT2D eigenvalue weighted by atomic mass is 16.6. The van der Waals surface area contributed by atoms with Gasteiger partial charge in [-0.2, -0.15) is 0 Å². The van der Waals surface area contributed by atoms with Crippen LogP contribution in [-0.2, 0) is 27.2 Å². The molecule has 7 heteroatoms. The van der Waals surface area contributed by atoms with Gasteiger partial charge in [-0.05, 0) is 55.2 Å². The van der Waals surface area contributed by atoms with E-state index in [0.717, 1.165) is 22.0 Å². The van der Waals surface area contributed by atoms with E-state index >= 15 is 0 Å². The van der Waals surface area contributed by atoms with Crippen LogP contribution >= 0.6 is 0 Å². The fraction of sp³-hybridized carbons (Fsp3) is 0.281. The number of para-hydroxylation sites is 1. The highest BCUT2D eigenvalue weighted by Gasteiger charge is 2.50. The third kappa shape index (κ3) is 6.26. The number of epoxide rings is 1. The standard InChI is InChI=1S/C32H32N2O5/c1-32(20-39-32)30(36)28(17-21-8-4-3-5-9-21)34-31(37)24(16-22-12-14-25(38-2)15-13-22)19-29(35)27-18-23-10-6-7-11-26(23)33-27/h3-15,18,24,28,33H,16-17,19-20H2,1-2H3,(H,34,37). The zero-order valence-electron chi connectivity index (χ0n) is 22.1. The summed E-state index contributed by atoms with van der Waals surface area (Å²) in [5, 5.41) is 3.92. The maximum absolute atomic E-state index is 13.8. The normalized spacial score (nSPS) is 17.8. The van der Waals surface area contributed by atoms with Crippen molar-refractivity contribution in [2.24, 2.45) is 5.92 Å². The Morgan fingerprint density at radius 2 is 1.62 bits per heavy atom. The summed E-state index contributed by atoms with van der Waals surface area (Å²) >= 11 is 0. The molecule has 3 unspecified atom stereocenters. The molecular formula is C32H32N2O5. The summed E-state index contributed by atoms with van der Waals surface area (Å²) in [6, 6.07) is 25.7. The summed E-state index contributed by atoms with van der Waals surface area (Å²) in [6.45, 7) is 2.08. The number of hydrogen-bond acceptors (Lipinski definition) is 5. The molecule has 0 saturated carbocycles. The van der Waals surface area contributed by atoms with E-state index in [1.807, 2.05) is 84.9 Å². The summed E-state index contributed by atoms with van der Waals surface area (Å²) < 4.78 is 10.7. The zero-order chi connectivity index (χ0) is 27.4. The first kappa shape index (κ1) is 26.4. The molecular weight excluding hydrogens is 492 g/mol. The van der Waals surface area contributed by atoms with Gasteiger partial charge in [0.15, 0.2) is 11.6 Å². The van der Waals surface area contributed by atoms with Crippen LogP contribution in [0.1, 0.15) is 35.0 Å². The van der Waals surface area contributed by atoms with Gasteiger partial charge in [-0.15, -0.1) is 0 Å². The number of ether oxygens (including phenoxy) is 2. The van der Waals surface area contributed by atoms with Crippen LogP contribution < -0.4 is 10.1 Å². The lowest BCUT2D eigenvalue weighted by molar-refractivity contribution is -0.132. The molecule has 0 spiro atoms. The predicted molar refractivity (Wildman–Crippen MR) is 149 cm³/mol. The van der Waals surface area contributed by atoms with Crippen LogP contribution in [0.5, 0.6) is 5.75 Å². The molecule has 0 radical (unpaired) electrons. The highest BCUT2D eigenvalue weighted by Crippen LogP contribution is 2.29. The van der Waals surface area contributed by atoms with Gasteiger partial charge in [-0.25, -0.2) is 0 Å². The van der Waals surface area contributed by atoms with Crippen molar-refractivity contribution in [3.8, 4) is 5.75 Å². The van der Waals surface area contributed by atoms with Gasteiger partial charge in [-0.3, -0.25) is 14.4 Å². The molecule has 39 heavy (non-hydrogen) atoms. The fourth-order valence-electron chi connectivity index (χ4n) is 4.83. The van der Waals surface area contributed by atoms with Crippen molar-refractivity contribution in [1.82, 2.24) is 10.3 Å². The minimum atomic E-state index is -0.890. The van der Waals surface area contributed by atoms with Crippen molar-refractivity contribution in [3.05, 3.63) is 102 Å². The van der Waals surface area contributed by atoms with E-state index in [4.69, 9.17) is 9.47 Å². The molecule has 5 rings (SSSR count). The molecule has 2 N–H and O–H groups in total. The van der Waals surface area contributed by atoms with E-state index in [9.17, 15) is 14.4 Å². The number of aromatic nitrogens is 1. The molecule has 4 aromatic rings. The molecule has 1 fully saturated rings. The van der Waals surface area contributed by atoms with Crippen molar-refractivity contribution in [2.75, 3.05) is 13.7 Å². The van der Waals surface area contributed by atoms with Crippen LogP contribution in [0.2, 0.25) is 0 Å². The lowest BCUT2D eigenvalue weighted by Gasteiger charge is -2.23. The first-order valence-corrected chi connectivity index (χ1v) is 13.1. The number of carbonyl (C=O) groups excluding carboxylic acids is 3. The van der Waals surface area contributed by atoms with Crippen molar-refractivity contribution < 1.29 is 23.9 Å². The first-order chi connectivity index (χ1) is 18.8. The molecule has 1 saturated heterocycles. The number of Topliss-reactive ketones (excluding diaryl/α,β-unsaturated/α-hetero) is 2. The lowest BCUT2D eigenvalue weighted by atomic mass is 9.90.